The number of benzene rings is 1. The summed E-state index contributed by atoms with van der Waals surface area (Å²) in [7, 11) is 1.40. The van der Waals surface area contributed by atoms with Gasteiger partial charge in [0, 0.05) is 26.3 Å². The van der Waals surface area contributed by atoms with Gasteiger partial charge in [-0.25, -0.2) is 8.78 Å². The third-order valence-corrected chi connectivity index (χ3v) is 3.44. The van der Waals surface area contributed by atoms with Gasteiger partial charge in [0.05, 0.1) is 5.69 Å². The Balaban J connectivity index is 2.19. The molecule has 1 aromatic carbocycles. The van der Waals surface area contributed by atoms with Gasteiger partial charge in [0.25, 0.3) is 0 Å². The topological polar surface area (TPSA) is 49.9 Å². The van der Waals surface area contributed by atoms with E-state index in [1.165, 1.54) is 23.0 Å². The fourth-order valence-corrected chi connectivity index (χ4v) is 2.36. The van der Waals surface area contributed by atoms with Crippen molar-refractivity contribution in [2.45, 2.75) is 13.0 Å². The van der Waals surface area contributed by atoms with E-state index in [1.54, 1.807) is 6.92 Å². The average molecular weight is 298 g/mol. The zero-order chi connectivity index (χ0) is 15.6. The van der Waals surface area contributed by atoms with Crippen LogP contribution in [0.25, 0.3) is 0 Å². The first-order valence-electron chi connectivity index (χ1n) is 6.50. The minimum Gasteiger partial charge on any atom is -0.375 e. The molecule has 21 heavy (non-hydrogen) atoms. The van der Waals surface area contributed by atoms with Crippen LogP contribution in [0.3, 0.4) is 0 Å². The summed E-state index contributed by atoms with van der Waals surface area (Å²) >= 11 is 0. The Morgan fingerprint density at radius 3 is 2.71 bits per heavy atom. The minimum atomic E-state index is -0.799. The van der Waals surface area contributed by atoms with Crippen LogP contribution >= 0.6 is 0 Å². The molecule has 0 saturated carbocycles. The standard InChI is InChI=1S/C14H16F2N2O3/c1-9-14(20)18(6-5-17(9)13(19)8-21-2)12-4-3-10(15)7-11(12)16/h3-4,7,9H,5-6,8H2,1-2H3/t9-/m1/s1. The van der Waals surface area contributed by atoms with Crippen molar-refractivity contribution in [3.8, 4) is 0 Å². The van der Waals surface area contributed by atoms with E-state index < -0.39 is 23.6 Å². The van der Waals surface area contributed by atoms with E-state index in [0.717, 1.165) is 12.1 Å². The number of anilines is 1. The van der Waals surface area contributed by atoms with Crippen LogP contribution in [-0.4, -0.2) is 49.6 Å². The third kappa shape index (κ3) is 3.02. The zero-order valence-corrected chi connectivity index (χ0v) is 11.8. The Morgan fingerprint density at radius 1 is 1.38 bits per heavy atom. The number of methoxy groups -OCH3 is 1. The van der Waals surface area contributed by atoms with Crippen molar-refractivity contribution < 1.29 is 23.1 Å². The highest BCUT2D eigenvalue weighted by atomic mass is 19.1. The smallest absolute Gasteiger partial charge is 0.249 e. The number of carbonyl (C=O) groups excluding carboxylic acids is 2. The van der Waals surface area contributed by atoms with Gasteiger partial charge in [-0.2, -0.15) is 0 Å². The van der Waals surface area contributed by atoms with E-state index in [2.05, 4.69) is 0 Å². The summed E-state index contributed by atoms with van der Waals surface area (Å²) in [4.78, 5) is 26.8. The number of carbonyl (C=O) groups is 2. The van der Waals surface area contributed by atoms with Crippen molar-refractivity contribution in [1.29, 1.82) is 0 Å². The number of piperazine rings is 1. The molecule has 1 heterocycles. The van der Waals surface area contributed by atoms with Crippen LogP contribution in [0.4, 0.5) is 14.5 Å². The van der Waals surface area contributed by atoms with Gasteiger partial charge in [0.15, 0.2) is 0 Å². The van der Waals surface area contributed by atoms with Gasteiger partial charge in [0.2, 0.25) is 11.8 Å². The molecule has 0 unspecified atom stereocenters. The second-order valence-electron chi connectivity index (χ2n) is 4.78. The van der Waals surface area contributed by atoms with Gasteiger partial charge < -0.3 is 14.5 Å². The molecule has 2 rings (SSSR count). The van der Waals surface area contributed by atoms with Gasteiger partial charge in [-0.1, -0.05) is 0 Å². The number of nitrogens with zero attached hydrogens (tertiary/aromatic N) is 2. The Labute approximate surface area is 121 Å². The molecule has 0 N–H and O–H groups in total. The highest BCUT2D eigenvalue weighted by molar-refractivity contribution is 6.00. The molecule has 2 amide bonds. The molecule has 0 aliphatic carbocycles. The number of hydrogen-bond donors (Lipinski definition) is 0. The number of halogens is 2. The molecular weight excluding hydrogens is 282 g/mol. The maximum absolute atomic E-state index is 13.8. The SMILES string of the molecule is COCC(=O)N1CCN(c2ccc(F)cc2F)C(=O)[C@H]1C. The molecule has 1 saturated heterocycles. The quantitative estimate of drug-likeness (QED) is 0.842. The van der Waals surface area contributed by atoms with E-state index in [-0.39, 0.29) is 31.3 Å². The minimum absolute atomic E-state index is 0.0205. The molecule has 1 aliphatic heterocycles. The Bertz CT molecular complexity index is 565. The summed E-state index contributed by atoms with van der Waals surface area (Å²) in [6.07, 6.45) is 0. The van der Waals surface area contributed by atoms with Gasteiger partial charge in [-0.3, -0.25) is 9.59 Å². The third-order valence-electron chi connectivity index (χ3n) is 3.44. The first-order valence-corrected chi connectivity index (χ1v) is 6.50. The van der Waals surface area contributed by atoms with E-state index in [4.69, 9.17) is 4.74 Å². The largest absolute Gasteiger partial charge is 0.375 e. The monoisotopic (exact) mass is 298 g/mol. The fraction of sp³-hybridized carbons (Fsp3) is 0.429. The maximum atomic E-state index is 13.8. The van der Waals surface area contributed by atoms with E-state index in [9.17, 15) is 18.4 Å². The Kier molecular flexibility index (Phi) is 4.52. The van der Waals surface area contributed by atoms with Crippen LogP contribution in [0.15, 0.2) is 18.2 Å². The fourth-order valence-electron chi connectivity index (χ4n) is 2.36. The van der Waals surface area contributed by atoms with Crippen molar-refractivity contribution in [2.75, 3.05) is 31.7 Å². The molecule has 0 bridgehead atoms. The Hall–Kier alpha value is -2.02. The number of hydrogen-bond acceptors (Lipinski definition) is 3. The summed E-state index contributed by atoms with van der Waals surface area (Å²) in [5.41, 5.74) is 0.0205. The lowest BCUT2D eigenvalue weighted by atomic mass is 10.1. The van der Waals surface area contributed by atoms with E-state index >= 15 is 0 Å². The van der Waals surface area contributed by atoms with Crippen molar-refractivity contribution >= 4 is 17.5 Å². The summed E-state index contributed by atoms with van der Waals surface area (Å²) in [6.45, 7) is 1.89. The molecule has 1 atom stereocenters. The summed E-state index contributed by atoms with van der Waals surface area (Å²) in [5.74, 6) is -2.20. The zero-order valence-electron chi connectivity index (χ0n) is 11.8. The van der Waals surface area contributed by atoms with Crippen LogP contribution in [-0.2, 0) is 14.3 Å². The molecule has 0 aromatic heterocycles. The van der Waals surface area contributed by atoms with Crippen LogP contribution in [0.5, 0.6) is 0 Å². The second-order valence-corrected chi connectivity index (χ2v) is 4.78. The Morgan fingerprint density at radius 2 is 2.10 bits per heavy atom. The average Bonchev–Trinajstić information content (AvgIpc) is 2.43. The summed E-state index contributed by atoms with van der Waals surface area (Å²) < 4.78 is 31.5. The van der Waals surface area contributed by atoms with Gasteiger partial charge in [0.1, 0.15) is 24.3 Å². The van der Waals surface area contributed by atoms with Gasteiger partial charge >= 0.3 is 0 Å². The van der Waals surface area contributed by atoms with Crippen molar-refractivity contribution in [2.24, 2.45) is 0 Å². The van der Waals surface area contributed by atoms with E-state index in [0.29, 0.717) is 0 Å². The van der Waals surface area contributed by atoms with Crippen LogP contribution in [0.2, 0.25) is 0 Å². The van der Waals surface area contributed by atoms with Crippen LogP contribution < -0.4 is 4.90 Å². The molecule has 5 nitrogen and oxygen atoms in total. The predicted octanol–water partition coefficient (Wildman–Crippen LogP) is 1.17. The highest BCUT2D eigenvalue weighted by Crippen LogP contribution is 2.24. The van der Waals surface area contributed by atoms with Crippen molar-refractivity contribution in [1.82, 2.24) is 4.90 Å². The number of rotatable bonds is 3. The molecule has 1 fully saturated rings. The van der Waals surface area contributed by atoms with Gasteiger partial charge in [-0.15, -0.1) is 0 Å². The van der Waals surface area contributed by atoms with Crippen LogP contribution in [0.1, 0.15) is 6.92 Å². The van der Waals surface area contributed by atoms with Crippen molar-refractivity contribution in [3.63, 3.8) is 0 Å². The second kappa shape index (κ2) is 6.17. The first kappa shape index (κ1) is 15.4. The first-order chi connectivity index (χ1) is 9.95. The van der Waals surface area contributed by atoms with Crippen molar-refractivity contribution in [3.05, 3.63) is 29.8 Å². The highest BCUT2D eigenvalue weighted by Gasteiger charge is 2.35. The van der Waals surface area contributed by atoms with Gasteiger partial charge in [-0.05, 0) is 19.1 Å². The molecule has 1 aliphatic rings. The molecule has 1 aromatic rings. The number of ether oxygens (including phenoxy) is 1. The summed E-state index contributed by atoms with van der Waals surface area (Å²) in [5, 5.41) is 0. The lowest BCUT2D eigenvalue weighted by Gasteiger charge is -2.39. The van der Waals surface area contributed by atoms with E-state index in [1.807, 2.05) is 0 Å². The summed E-state index contributed by atoms with van der Waals surface area (Å²) in [6, 6.07) is 2.34. The molecule has 114 valence electrons. The lowest BCUT2D eigenvalue weighted by Crippen LogP contribution is -2.58. The molecule has 0 spiro atoms. The molecule has 7 heteroatoms. The molecule has 0 radical (unpaired) electrons. The maximum Gasteiger partial charge on any atom is 0.249 e. The predicted molar refractivity (Wildman–Crippen MR) is 71.8 cm³/mol. The number of amides is 2. The normalized spacial score (nSPS) is 19.0. The molecular formula is C14H16F2N2O3. The lowest BCUT2D eigenvalue weighted by molar-refractivity contribution is -0.143. The van der Waals surface area contributed by atoms with Crippen LogP contribution in [0, 0.1) is 11.6 Å².